The highest BCUT2D eigenvalue weighted by Crippen LogP contribution is 2.24. The number of fused-ring (bicyclic) bond motifs is 1. The zero-order valence-corrected chi connectivity index (χ0v) is 16.0. The maximum absolute atomic E-state index is 13.1. The molecule has 2 N–H and O–H groups in total. The monoisotopic (exact) mass is 444 g/mol. The van der Waals surface area contributed by atoms with Crippen LogP contribution in [0.5, 0.6) is 0 Å². The summed E-state index contributed by atoms with van der Waals surface area (Å²) in [6, 6.07) is 13.0. The lowest BCUT2D eigenvalue weighted by molar-refractivity contribution is 0.102. The third kappa shape index (κ3) is 3.70. The molecule has 2 heterocycles. The molecule has 0 saturated carbocycles. The van der Waals surface area contributed by atoms with Gasteiger partial charge >= 0.3 is 0 Å². The fourth-order valence-corrected chi connectivity index (χ4v) is 3.13. The molecule has 0 aliphatic carbocycles. The minimum Gasteiger partial charge on any atom is -0.338 e. The van der Waals surface area contributed by atoms with Crippen LogP contribution in [0.2, 0.25) is 5.15 Å². The van der Waals surface area contributed by atoms with Gasteiger partial charge < -0.3 is 10.3 Å². The molecule has 0 aliphatic heterocycles. The van der Waals surface area contributed by atoms with E-state index in [1.807, 2.05) is 0 Å². The van der Waals surface area contributed by atoms with E-state index in [0.717, 1.165) is 16.6 Å². The van der Waals surface area contributed by atoms with Gasteiger partial charge in [-0.3, -0.25) is 4.79 Å². The van der Waals surface area contributed by atoms with E-state index >= 15 is 0 Å². The number of aromatic amines is 1. The smallest absolute Gasteiger partial charge is 0.258 e. The quantitative estimate of drug-likeness (QED) is 0.413. The molecule has 2 aromatic carbocycles. The number of anilines is 1. The Morgan fingerprint density at radius 1 is 1.15 bits per heavy atom. The van der Waals surface area contributed by atoms with Gasteiger partial charge in [-0.2, -0.15) is 0 Å². The Bertz CT molecular complexity index is 1160. The maximum atomic E-state index is 13.1. The molecule has 0 saturated heterocycles. The van der Waals surface area contributed by atoms with Crippen molar-refractivity contribution in [1.82, 2.24) is 15.0 Å². The fourth-order valence-electron chi connectivity index (χ4n) is 2.61. The van der Waals surface area contributed by atoms with Crippen LogP contribution in [0.1, 0.15) is 10.4 Å². The molecular formula is C19H11BrClFN4O. The predicted octanol–water partition coefficient (Wildman–Crippen LogP) is 5.43. The lowest BCUT2D eigenvalue weighted by Gasteiger charge is -2.06. The standard InChI is InChI=1S/C19H11BrClFN4O/c20-11-7-14(17(21)23-9-11)19(27)24-13-5-6-15-16(8-13)26-18(25-15)10-1-3-12(22)4-2-10/h1-9H,(H,24,27)(H,25,26). The summed E-state index contributed by atoms with van der Waals surface area (Å²) >= 11 is 9.27. The molecule has 134 valence electrons. The molecule has 5 nitrogen and oxygen atoms in total. The number of carbonyl (C=O) groups excluding carboxylic acids is 1. The van der Waals surface area contributed by atoms with E-state index in [9.17, 15) is 9.18 Å². The van der Waals surface area contributed by atoms with Gasteiger partial charge in [0, 0.05) is 21.9 Å². The summed E-state index contributed by atoms with van der Waals surface area (Å²) in [6.45, 7) is 0. The number of hydrogen-bond donors (Lipinski definition) is 2. The molecule has 0 aliphatic rings. The molecular weight excluding hydrogens is 435 g/mol. The number of nitrogens with zero attached hydrogens (tertiary/aromatic N) is 2. The Balaban J connectivity index is 1.62. The van der Waals surface area contributed by atoms with Gasteiger partial charge in [-0.1, -0.05) is 11.6 Å². The van der Waals surface area contributed by atoms with Gasteiger partial charge in [0.1, 0.15) is 16.8 Å². The number of aromatic nitrogens is 3. The third-order valence-electron chi connectivity index (χ3n) is 3.91. The number of carbonyl (C=O) groups is 1. The van der Waals surface area contributed by atoms with Crippen LogP contribution in [0, 0.1) is 5.82 Å². The van der Waals surface area contributed by atoms with Crippen LogP contribution in [0.3, 0.4) is 0 Å². The Labute approximate surface area is 166 Å². The van der Waals surface area contributed by atoms with Gasteiger partial charge in [-0.15, -0.1) is 0 Å². The second-order valence-electron chi connectivity index (χ2n) is 5.77. The Morgan fingerprint density at radius 3 is 2.70 bits per heavy atom. The molecule has 0 radical (unpaired) electrons. The van der Waals surface area contributed by atoms with Crippen molar-refractivity contribution in [3.05, 3.63) is 75.7 Å². The first-order valence-electron chi connectivity index (χ1n) is 7.88. The average molecular weight is 446 g/mol. The molecule has 0 fully saturated rings. The molecule has 4 aromatic rings. The van der Waals surface area contributed by atoms with Crippen LogP contribution in [0.15, 0.2) is 59.2 Å². The van der Waals surface area contributed by atoms with Crippen LogP contribution in [-0.2, 0) is 0 Å². The predicted molar refractivity (Wildman–Crippen MR) is 106 cm³/mol. The number of pyridine rings is 1. The summed E-state index contributed by atoms with van der Waals surface area (Å²) in [5, 5.41) is 2.92. The Hall–Kier alpha value is -2.77. The molecule has 1 amide bonds. The van der Waals surface area contributed by atoms with Gasteiger partial charge in [0.2, 0.25) is 0 Å². The summed E-state index contributed by atoms with van der Waals surface area (Å²) in [5.74, 6) is -0.0558. The summed E-state index contributed by atoms with van der Waals surface area (Å²) in [6.07, 6.45) is 1.52. The number of hydrogen-bond acceptors (Lipinski definition) is 3. The van der Waals surface area contributed by atoms with E-state index in [4.69, 9.17) is 11.6 Å². The van der Waals surface area contributed by atoms with Gasteiger partial charge in [0.15, 0.2) is 0 Å². The number of imidazole rings is 1. The molecule has 0 bridgehead atoms. The Kier molecular flexibility index (Phi) is 4.63. The highest BCUT2D eigenvalue weighted by molar-refractivity contribution is 9.10. The van der Waals surface area contributed by atoms with Crippen molar-refractivity contribution >= 4 is 50.2 Å². The number of rotatable bonds is 3. The second-order valence-corrected chi connectivity index (χ2v) is 7.04. The van der Waals surface area contributed by atoms with Crippen LogP contribution in [0.25, 0.3) is 22.4 Å². The molecule has 0 spiro atoms. The number of nitrogens with one attached hydrogen (secondary N) is 2. The van der Waals surface area contributed by atoms with Crippen LogP contribution in [0.4, 0.5) is 10.1 Å². The zero-order valence-electron chi connectivity index (χ0n) is 13.6. The SMILES string of the molecule is O=C(Nc1ccc2nc(-c3ccc(F)cc3)[nH]c2c1)c1cc(Br)cnc1Cl. The van der Waals surface area contributed by atoms with Crippen molar-refractivity contribution in [2.24, 2.45) is 0 Å². The van der Waals surface area contributed by atoms with E-state index in [1.54, 1.807) is 36.4 Å². The minimum absolute atomic E-state index is 0.122. The largest absolute Gasteiger partial charge is 0.338 e. The van der Waals surface area contributed by atoms with Crippen molar-refractivity contribution in [2.75, 3.05) is 5.32 Å². The van der Waals surface area contributed by atoms with Crippen molar-refractivity contribution in [1.29, 1.82) is 0 Å². The topological polar surface area (TPSA) is 70.7 Å². The first kappa shape index (κ1) is 17.6. The molecule has 0 atom stereocenters. The fraction of sp³-hybridized carbons (Fsp3) is 0. The summed E-state index contributed by atoms with van der Waals surface area (Å²) in [4.78, 5) is 24.1. The van der Waals surface area contributed by atoms with Gasteiger partial charge in [-0.05, 0) is 64.5 Å². The van der Waals surface area contributed by atoms with Gasteiger partial charge in [0.05, 0.1) is 16.6 Å². The zero-order chi connectivity index (χ0) is 19.0. The average Bonchev–Trinajstić information content (AvgIpc) is 3.07. The molecule has 8 heteroatoms. The number of amides is 1. The number of H-pyrrole nitrogens is 1. The van der Waals surface area contributed by atoms with Crippen LogP contribution >= 0.6 is 27.5 Å². The van der Waals surface area contributed by atoms with E-state index in [1.165, 1.54) is 18.3 Å². The van der Waals surface area contributed by atoms with Crippen LogP contribution < -0.4 is 5.32 Å². The minimum atomic E-state index is -0.369. The molecule has 0 unspecified atom stereocenters. The lowest BCUT2D eigenvalue weighted by atomic mass is 10.2. The lowest BCUT2D eigenvalue weighted by Crippen LogP contribution is -2.13. The van der Waals surface area contributed by atoms with Crippen molar-refractivity contribution < 1.29 is 9.18 Å². The second kappa shape index (κ2) is 7.09. The summed E-state index contributed by atoms with van der Waals surface area (Å²) in [5.41, 5.74) is 3.09. The molecule has 2 aromatic heterocycles. The van der Waals surface area contributed by atoms with Gasteiger partial charge in [0.25, 0.3) is 5.91 Å². The highest BCUT2D eigenvalue weighted by atomic mass is 79.9. The summed E-state index contributed by atoms with van der Waals surface area (Å²) in [7, 11) is 0. The summed E-state index contributed by atoms with van der Waals surface area (Å²) < 4.78 is 13.7. The molecule has 4 rings (SSSR count). The van der Waals surface area contributed by atoms with E-state index < -0.39 is 0 Å². The number of halogens is 3. The third-order valence-corrected chi connectivity index (χ3v) is 4.64. The maximum Gasteiger partial charge on any atom is 0.258 e. The highest BCUT2D eigenvalue weighted by Gasteiger charge is 2.13. The van der Waals surface area contributed by atoms with E-state index in [-0.39, 0.29) is 22.4 Å². The van der Waals surface area contributed by atoms with Crippen molar-refractivity contribution in [3.8, 4) is 11.4 Å². The molecule has 27 heavy (non-hydrogen) atoms. The first-order valence-corrected chi connectivity index (χ1v) is 9.05. The van der Waals surface area contributed by atoms with Crippen molar-refractivity contribution in [3.63, 3.8) is 0 Å². The first-order chi connectivity index (χ1) is 13.0. The van der Waals surface area contributed by atoms with Gasteiger partial charge in [-0.25, -0.2) is 14.4 Å². The number of benzene rings is 2. The normalized spacial score (nSPS) is 10.9. The Morgan fingerprint density at radius 2 is 1.93 bits per heavy atom. The van der Waals surface area contributed by atoms with E-state index in [0.29, 0.717) is 16.0 Å². The van der Waals surface area contributed by atoms with Crippen LogP contribution in [-0.4, -0.2) is 20.9 Å². The van der Waals surface area contributed by atoms with E-state index in [2.05, 4.69) is 36.2 Å². The van der Waals surface area contributed by atoms with Crippen molar-refractivity contribution in [2.45, 2.75) is 0 Å².